The molecule has 1 rings (SSSR count). The highest BCUT2D eigenvalue weighted by atomic mass is 31.2. The molecule has 37 heavy (non-hydrogen) atoms. The Labute approximate surface area is 214 Å². The molecule has 0 spiro atoms. The summed E-state index contributed by atoms with van der Waals surface area (Å²) in [5.41, 5.74) is 0. The number of nitrogens with one attached hydrogen (secondary N) is 2. The highest BCUT2D eigenvalue weighted by Crippen LogP contribution is 2.43. The molecule has 0 aromatic carbocycles. The summed E-state index contributed by atoms with van der Waals surface area (Å²) in [7, 11) is -3.15. The first-order chi connectivity index (χ1) is 17.4. The number of likely N-dealkylation sites (N-methyl/N-ethyl adjacent to an activating group) is 1. The monoisotopic (exact) mass is 562 g/mol. The zero-order chi connectivity index (χ0) is 28.2. The SMILES string of the molecule is CNCC(=O)CCC(=O)NCCOP(=O)(O)OC[C@@H](OC1OC(CO)[C@@H](O)[C@H](O)C1C)[C@@H](O)[C@@H](O)CO. The van der Waals surface area contributed by atoms with Crippen molar-refractivity contribution in [2.45, 2.75) is 62.7 Å². The number of carbonyl (C=O) groups is 2. The van der Waals surface area contributed by atoms with E-state index in [0.717, 1.165) is 0 Å². The van der Waals surface area contributed by atoms with Crippen molar-refractivity contribution in [2.75, 3.05) is 46.6 Å². The Balaban J connectivity index is 2.64. The van der Waals surface area contributed by atoms with Crippen LogP contribution in [0.5, 0.6) is 0 Å². The van der Waals surface area contributed by atoms with Gasteiger partial charge in [-0.3, -0.25) is 18.6 Å². The van der Waals surface area contributed by atoms with Crippen LogP contribution >= 0.6 is 7.82 Å². The van der Waals surface area contributed by atoms with Crippen LogP contribution in [-0.2, 0) is 32.7 Å². The summed E-state index contributed by atoms with van der Waals surface area (Å²) in [4.78, 5) is 33.0. The molecule has 9 atom stereocenters. The van der Waals surface area contributed by atoms with Gasteiger partial charge in [-0.05, 0) is 7.05 Å². The molecule has 1 heterocycles. The molecule has 0 bridgehead atoms. The van der Waals surface area contributed by atoms with Gasteiger partial charge in [-0.15, -0.1) is 0 Å². The maximum Gasteiger partial charge on any atom is 0.472 e. The molecule has 0 aliphatic carbocycles. The average molecular weight is 563 g/mol. The summed E-state index contributed by atoms with van der Waals surface area (Å²) in [5, 5.41) is 63.8. The fourth-order valence-corrected chi connectivity index (χ4v) is 4.04. The third kappa shape index (κ3) is 11.7. The van der Waals surface area contributed by atoms with Crippen LogP contribution in [-0.4, -0.2) is 137 Å². The fraction of sp³-hybridized carbons (Fsp3) is 0.900. The van der Waals surface area contributed by atoms with Crippen molar-refractivity contribution >= 4 is 19.5 Å². The molecule has 0 saturated carbocycles. The third-order valence-corrected chi connectivity index (χ3v) is 6.53. The minimum absolute atomic E-state index is 0.0247. The molecule has 0 radical (unpaired) electrons. The van der Waals surface area contributed by atoms with Gasteiger partial charge in [-0.25, -0.2) is 4.57 Å². The molecule has 16 nitrogen and oxygen atoms in total. The second kappa shape index (κ2) is 16.8. The highest BCUT2D eigenvalue weighted by Gasteiger charge is 2.44. The van der Waals surface area contributed by atoms with E-state index in [-0.39, 0.29) is 31.7 Å². The van der Waals surface area contributed by atoms with Crippen LogP contribution in [0, 0.1) is 5.92 Å². The molecule has 9 N–H and O–H groups in total. The van der Waals surface area contributed by atoms with Crippen LogP contribution < -0.4 is 10.6 Å². The van der Waals surface area contributed by atoms with Crippen LogP contribution in [0.4, 0.5) is 0 Å². The van der Waals surface area contributed by atoms with Crippen LogP contribution in [0.1, 0.15) is 19.8 Å². The lowest BCUT2D eigenvalue weighted by atomic mass is 9.92. The van der Waals surface area contributed by atoms with Gasteiger partial charge in [0.05, 0.1) is 39.1 Å². The molecule has 1 amide bonds. The van der Waals surface area contributed by atoms with Crippen molar-refractivity contribution in [3.05, 3.63) is 0 Å². The molecule has 1 aliphatic rings. The summed E-state index contributed by atoms with van der Waals surface area (Å²) in [6, 6.07) is 0. The van der Waals surface area contributed by atoms with Gasteiger partial charge in [0.2, 0.25) is 5.91 Å². The zero-order valence-corrected chi connectivity index (χ0v) is 21.6. The van der Waals surface area contributed by atoms with Crippen molar-refractivity contribution in [3.63, 3.8) is 0 Å². The molecular formula is C20H39N2O14P. The Bertz CT molecular complexity index is 744. The van der Waals surface area contributed by atoms with Crippen LogP contribution in [0.2, 0.25) is 0 Å². The van der Waals surface area contributed by atoms with Gasteiger partial charge in [-0.2, -0.15) is 0 Å². The number of hydrogen-bond donors (Lipinski definition) is 9. The van der Waals surface area contributed by atoms with E-state index in [2.05, 4.69) is 10.6 Å². The van der Waals surface area contributed by atoms with Gasteiger partial charge in [0, 0.05) is 25.3 Å². The predicted molar refractivity (Wildman–Crippen MR) is 124 cm³/mol. The van der Waals surface area contributed by atoms with E-state index in [4.69, 9.17) is 23.6 Å². The number of hydrogen-bond acceptors (Lipinski definition) is 14. The van der Waals surface area contributed by atoms with E-state index in [9.17, 15) is 44.6 Å². The van der Waals surface area contributed by atoms with E-state index in [1.807, 2.05) is 0 Å². The normalized spacial score (nSPS) is 28.2. The van der Waals surface area contributed by atoms with Crippen molar-refractivity contribution in [1.29, 1.82) is 0 Å². The first kappa shape index (κ1) is 33.9. The lowest BCUT2D eigenvalue weighted by Gasteiger charge is -2.42. The number of carbonyl (C=O) groups excluding carboxylic acids is 2. The quantitative estimate of drug-likeness (QED) is 0.0570. The number of ether oxygens (including phenoxy) is 2. The topological polar surface area (TPSA) is 254 Å². The predicted octanol–water partition coefficient (Wildman–Crippen LogP) is -4.02. The van der Waals surface area contributed by atoms with Gasteiger partial charge in [0.1, 0.15) is 36.3 Å². The lowest BCUT2D eigenvalue weighted by Crippen LogP contribution is -2.57. The number of aliphatic hydroxyl groups excluding tert-OH is 6. The van der Waals surface area contributed by atoms with Gasteiger partial charge in [-0.1, -0.05) is 6.92 Å². The van der Waals surface area contributed by atoms with Crippen LogP contribution in [0.3, 0.4) is 0 Å². The Kier molecular flexibility index (Phi) is 15.4. The molecule has 218 valence electrons. The number of ketones is 1. The van der Waals surface area contributed by atoms with Crippen molar-refractivity contribution < 1.29 is 68.2 Å². The van der Waals surface area contributed by atoms with E-state index in [1.165, 1.54) is 6.92 Å². The Hall–Kier alpha value is -1.11. The summed E-state index contributed by atoms with van der Waals surface area (Å²) in [6.07, 6.45) is -10.6. The first-order valence-corrected chi connectivity index (χ1v) is 13.2. The number of aliphatic hydroxyl groups is 6. The average Bonchev–Trinajstić information content (AvgIpc) is 2.87. The largest absolute Gasteiger partial charge is 0.472 e. The maximum absolute atomic E-state index is 12.2. The summed E-state index contributed by atoms with van der Waals surface area (Å²) >= 11 is 0. The molecule has 17 heteroatoms. The Morgan fingerprint density at radius 1 is 1.11 bits per heavy atom. The standard InChI is InChI=1S/C20H39N2O14P/c1-11-17(28)19(30)14(9-24)35-20(11)36-15(18(29)13(26)8-23)10-34-37(31,32)33-6-5-22-16(27)4-3-12(25)7-21-2/h11,13-15,17-21,23-24,26,28-30H,3-10H2,1-2H3,(H,22,27)(H,31,32)/t11?,13-,14?,15+,17+,18-,19+,20?/m0/s1. The summed E-state index contributed by atoms with van der Waals surface area (Å²) < 4.78 is 32.7. The van der Waals surface area contributed by atoms with Crippen LogP contribution in [0.15, 0.2) is 0 Å². The minimum Gasteiger partial charge on any atom is -0.394 e. The summed E-state index contributed by atoms with van der Waals surface area (Å²) in [6.45, 7) is -1.46. The lowest BCUT2D eigenvalue weighted by molar-refractivity contribution is -0.305. The molecule has 1 saturated heterocycles. The van der Waals surface area contributed by atoms with Crippen LogP contribution in [0.25, 0.3) is 0 Å². The van der Waals surface area contributed by atoms with E-state index >= 15 is 0 Å². The van der Waals surface area contributed by atoms with E-state index in [0.29, 0.717) is 0 Å². The maximum atomic E-state index is 12.2. The Morgan fingerprint density at radius 3 is 2.38 bits per heavy atom. The highest BCUT2D eigenvalue weighted by molar-refractivity contribution is 7.47. The van der Waals surface area contributed by atoms with E-state index in [1.54, 1.807) is 7.05 Å². The third-order valence-electron chi connectivity index (χ3n) is 5.54. The van der Waals surface area contributed by atoms with Gasteiger partial charge in [0.25, 0.3) is 0 Å². The summed E-state index contributed by atoms with van der Waals surface area (Å²) in [5.74, 6) is -1.52. The Morgan fingerprint density at radius 2 is 1.78 bits per heavy atom. The smallest absolute Gasteiger partial charge is 0.394 e. The molecule has 0 aromatic heterocycles. The number of phosphoric acid groups is 1. The fourth-order valence-electron chi connectivity index (χ4n) is 3.31. The minimum atomic E-state index is -4.75. The second-order valence-electron chi connectivity index (χ2n) is 8.50. The number of amides is 1. The van der Waals surface area contributed by atoms with Gasteiger partial charge in [0.15, 0.2) is 6.29 Å². The molecule has 1 aliphatic heterocycles. The van der Waals surface area contributed by atoms with E-state index < -0.39 is 89.0 Å². The second-order valence-corrected chi connectivity index (χ2v) is 9.95. The first-order valence-electron chi connectivity index (χ1n) is 11.7. The van der Waals surface area contributed by atoms with Crippen molar-refractivity contribution in [2.24, 2.45) is 5.92 Å². The van der Waals surface area contributed by atoms with Crippen molar-refractivity contribution in [3.8, 4) is 0 Å². The number of Topliss-reactive ketones (excluding diaryl/α,β-unsaturated/α-hetero) is 1. The molecule has 0 aromatic rings. The molecule has 4 unspecified atom stereocenters. The van der Waals surface area contributed by atoms with Gasteiger partial charge < -0.3 is 55.6 Å². The molecular weight excluding hydrogens is 523 g/mol. The molecule has 1 fully saturated rings. The van der Waals surface area contributed by atoms with Gasteiger partial charge >= 0.3 is 7.82 Å². The zero-order valence-electron chi connectivity index (χ0n) is 20.7. The number of rotatable bonds is 18. The number of phosphoric ester groups is 1. The van der Waals surface area contributed by atoms with Crippen molar-refractivity contribution in [1.82, 2.24) is 10.6 Å².